The minimum absolute atomic E-state index is 0.00504. The Kier molecular flexibility index (Phi) is 4.27. The second-order valence-electron chi connectivity index (χ2n) is 8.19. The van der Waals surface area contributed by atoms with Gasteiger partial charge in [-0.3, -0.25) is 4.90 Å². The molecule has 3 aliphatic heterocycles. The molecule has 0 saturated carbocycles. The van der Waals surface area contributed by atoms with Crippen LogP contribution in [0.1, 0.15) is 36.8 Å². The van der Waals surface area contributed by atoms with Crippen molar-refractivity contribution in [3.8, 4) is 5.75 Å². The van der Waals surface area contributed by atoms with Gasteiger partial charge in [0.2, 0.25) is 0 Å². The minimum Gasteiger partial charge on any atom is -0.493 e. The van der Waals surface area contributed by atoms with Crippen molar-refractivity contribution in [3.63, 3.8) is 0 Å². The number of rotatable bonds is 2. The summed E-state index contributed by atoms with van der Waals surface area (Å²) in [5, 5.41) is 3.24. The van der Waals surface area contributed by atoms with E-state index < -0.39 is 0 Å². The van der Waals surface area contributed by atoms with Crippen LogP contribution in [0.25, 0.3) is 0 Å². The van der Waals surface area contributed by atoms with Crippen LogP contribution in [0.3, 0.4) is 0 Å². The summed E-state index contributed by atoms with van der Waals surface area (Å²) in [6.07, 6.45) is 1.93. The van der Waals surface area contributed by atoms with Gasteiger partial charge in [-0.25, -0.2) is 4.79 Å². The van der Waals surface area contributed by atoms with Crippen LogP contribution >= 0.6 is 0 Å². The first-order chi connectivity index (χ1) is 13.7. The van der Waals surface area contributed by atoms with Crippen LogP contribution in [0.5, 0.6) is 5.75 Å². The number of ether oxygens (including phenoxy) is 2. The predicted molar refractivity (Wildman–Crippen MR) is 108 cm³/mol. The Labute approximate surface area is 165 Å². The number of fused-ring (bicyclic) bond motifs is 3. The fraction of sp³-hybridized carbons (Fsp3) is 0.435. The summed E-state index contributed by atoms with van der Waals surface area (Å²) in [7, 11) is 0. The molecule has 2 aromatic rings. The third kappa shape index (κ3) is 2.76. The zero-order chi connectivity index (χ0) is 19.1. The molecule has 1 saturated heterocycles. The van der Waals surface area contributed by atoms with Gasteiger partial charge in [0.25, 0.3) is 0 Å². The van der Waals surface area contributed by atoms with E-state index in [4.69, 9.17) is 9.47 Å². The molecule has 146 valence electrons. The van der Waals surface area contributed by atoms with Crippen LogP contribution in [0, 0.1) is 0 Å². The van der Waals surface area contributed by atoms with Crippen molar-refractivity contribution in [2.24, 2.45) is 0 Å². The molecule has 0 aromatic heterocycles. The van der Waals surface area contributed by atoms with Gasteiger partial charge >= 0.3 is 6.03 Å². The summed E-state index contributed by atoms with van der Waals surface area (Å²) >= 11 is 0. The van der Waals surface area contributed by atoms with Gasteiger partial charge in [-0.2, -0.15) is 0 Å². The highest BCUT2D eigenvalue weighted by Gasteiger charge is 2.45. The van der Waals surface area contributed by atoms with Gasteiger partial charge < -0.3 is 14.8 Å². The summed E-state index contributed by atoms with van der Waals surface area (Å²) in [6.45, 7) is 4.93. The van der Waals surface area contributed by atoms with Crippen molar-refractivity contribution >= 4 is 11.7 Å². The average Bonchev–Trinajstić information content (AvgIpc) is 3.29. The molecular weight excluding hydrogens is 352 g/mol. The molecule has 0 bridgehead atoms. The standard InChI is InChI=1S/C23H26N2O3/c1-16(18-14-28-21-9-5-2-6-17(18)21)24-22(26)25-15-23(10-12-27-13-11-23)19-7-3-4-8-20(19)25/h2-9,16,18H,10-15H2,1H3,(H,24,26)/t16-,18-/m0/s1. The van der Waals surface area contributed by atoms with Gasteiger partial charge in [0.15, 0.2) is 0 Å². The highest BCUT2D eigenvalue weighted by Crippen LogP contribution is 2.46. The summed E-state index contributed by atoms with van der Waals surface area (Å²) < 4.78 is 11.4. The van der Waals surface area contributed by atoms with Crippen molar-refractivity contribution in [1.82, 2.24) is 5.32 Å². The molecule has 3 heterocycles. The number of anilines is 1. The number of para-hydroxylation sites is 2. The highest BCUT2D eigenvalue weighted by molar-refractivity contribution is 5.95. The first-order valence-electron chi connectivity index (χ1n) is 10.1. The van der Waals surface area contributed by atoms with Crippen LogP contribution in [0.4, 0.5) is 10.5 Å². The fourth-order valence-electron chi connectivity index (χ4n) is 4.98. The van der Waals surface area contributed by atoms with Gasteiger partial charge in [0.05, 0.1) is 6.61 Å². The molecule has 2 atom stereocenters. The topological polar surface area (TPSA) is 50.8 Å². The molecule has 5 rings (SSSR count). The van der Waals surface area contributed by atoms with E-state index in [9.17, 15) is 4.79 Å². The van der Waals surface area contributed by atoms with Gasteiger partial charge in [-0.15, -0.1) is 0 Å². The lowest BCUT2D eigenvalue weighted by atomic mass is 9.76. The monoisotopic (exact) mass is 378 g/mol. The van der Waals surface area contributed by atoms with Crippen LogP contribution in [-0.2, 0) is 10.2 Å². The van der Waals surface area contributed by atoms with Gasteiger partial charge in [-0.1, -0.05) is 36.4 Å². The maximum Gasteiger partial charge on any atom is 0.322 e. The lowest BCUT2D eigenvalue weighted by Crippen LogP contribution is -2.48. The Morgan fingerprint density at radius 1 is 1.14 bits per heavy atom. The van der Waals surface area contributed by atoms with Crippen molar-refractivity contribution in [2.75, 3.05) is 31.3 Å². The quantitative estimate of drug-likeness (QED) is 0.864. The van der Waals surface area contributed by atoms with E-state index >= 15 is 0 Å². The van der Waals surface area contributed by atoms with Crippen molar-refractivity contribution in [2.45, 2.75) is 37.1 Å². The number of nitrogens with zero attached hydrogens (tertiary/aromatic N) is 1. The summed E-state index contributed by atoms with van der Waals surface area (Å²) in [6, 6.07) is 16.4. The van der Waals surface area contributed by atoms with Gasteiger partial charge in [0.1, 0.15) is 5.75 Å². The Morgan fingerprint density at radius 3 is 2.75 bits per heavy atom. The zero-order valence-electron chi connectivity index (χ0n) is 16.2. The summed E-state index contributed by atoms with van der Waals surface area (Å²) in [4.78, 5) is 15.2. The molecule has 2 amide bonds. The normalized spacial score (nSPS) is 23.0. The number of benzene rings is 2. The van der Waals surface area contributed by atoms with Crippen molar-refractivity contribution in [1.29, 1.82) is 0 Å². The molecule has 0 unspecified atom stereocenters. The molecule has 0 aliphatic carbocycles. The van der Waals surface area contributed by atoms with Crippen LogP contribution in [-0.4, -0.2) is 38.4 Å². The van der Waals surface area contributed by atoms with E-state index in [2.05, 4.69) is 36.5 Å². The van der Waals surface area contributed by atoms with Gasteiger partial charge in [-0.05, 0) is 37.5 Å². The third-order valence-corrected chi connectivity index (χ3v) is 6.61. The van der Waals surface area contributed by atoms with Gasteiger partial charge in [0, 0.05) is 48.4 Å². The maximum atomic E-state index is 13.3. The lowest BCUT2D eigenvalue weighted by molar-refractivity contribution is 0.0556. The van der Waals surface area contributed by atoms with E-state index in [1.165, 1.54) is 11.1 Å². The number of hydrogen-bond donors (Lipinski definition) is 1. The molecule has 1 N–H and O–H groups in total. The molecule has 2 aromatic carbocycles. The Morgan fingerprint density at radius 2 is 1.89 bits per heavy atom. The van der Waals surface area contributed by atoms with Crippen LogP contribution in [0.15, 0.2) is 48.5 Å². The highest BCUT2D eigenvalue weighted by atomic mass is 16.5. The molecule has 5 nitrogen and oxygen atoms in total. The third-order valence-electron chi connectivity index (χ3n) is 6.61. The van der Waals surface area contributed by atoms with Crippen molar-refractivity contribution in [3.05, 3.63) is 59.7 Å². The van der Waals surface area contributed by atoms with Crippen molar-refractivity contribution < 1.29 is 14.3 Å². The second-order valence-corrected chi connectivity index (χ2v) is 8.19. The number of carbonyl (C=O) groups excluding carboxylic acids is 1. The number of carbonyl (C=O) groups is 1. The molecule has 0 radical (unpaired) electrons. The summed E-state index contributed by atoms with van der Waals surface area (Å²) in [5.41, 5.74) is 3.53. The first-order valence-corrected chi connectivity index (χ1v) is 10.1. The summed E-state index contributed by atoms with van der Waals surface area (Å²) in [5.74, 6) is 1.11. The van der Waals surface area contributed by atoms with E-state index in [-0.39, 0.29) is 23.4 Å². The van der Waals surface area contributed by atoms with E-state index in [0.717, 1.165) is 44.0 Å². The number of urea groups is 1. The molecule has 3 aliphatic rings. The zero-order valence-corrected chi connectivity index (χ0v) is 16.2. The smallest absolute Gasteiger partial charge is 0.322 e. The number of amides is 2. The SMILES string of the molecule is C[C@H](NC(=O)N1CC2(CCOCC2)c2ccccc21)[C@@H]1COc2ccccc21. The second kappa shape index (κ2) is 6.82. The maximum absolute atomic E-state index is 13.3. The van der Waals surface area contributed by atoms with E-state index in [0.29, 0.717) is 6.61 Å². The number of nitrogens with one attached hydrogen (secondary N) is 1. The molecule has 28 heavy (non-hydrogen) atoms. The first kappa shape index (κ1) is 17.6. The average molecular weight is 378 g/mol. The number of hydrogen-bond acceptors (Lipinski definition) is 3. The Balaban J connectivity index is 1.36. The van der Waals surface area contributed by atoms with Crippen LogP contribution in [0.2, 0.25) is 0 Å². The Bertz CT molecular complexity index is 891. The van der Waals surface area contributed by atoms with E-state index in [1.54, 1.807) is 0 Å². The minimum atomic E-state index is -0.0207. The van der Waals surface area contributed by atoms with Crippen LogP contribution < -0.4 is 15.0 Å². The fourth-order valence-corrected chi connectivity index (χ4v) is 4.98. The van der Waals surface area contributed by atoms with E-state index in [1.807, 2.05) is 29.2 Å². The lowest BCUT2D eigenvalue weighted by Gasteiger charge is -2.34. The molecule has 1 fully saturated rings. The predicted octanol–water partition coefficient (Wildman–Crippen LogP) is 3.83. The largest absolute Gasteiger partial charge is 0.493 e. The molecule has 1 spiro atoms. The molecular formula is C23H26N2O3. The molecule has 5 heteroatoms. The Hall–Kier alpha value is -2.53.